The predicted octanol–water partition coefficient (Wildman–Crippen LogP) is 4.29. The Morgan fingerprint density at radius 2 is 1.86 bits per heavy atom. The lowest BCUT2D eigenvalue weighted by atomic mass is 9.91. The van der Waals surface area contributed by atoms with E-state index in [1.807, 2.05) is 18.2 Å². The van der Waals surface area contributed by atoms with Crippen molar-refractivity contribution in [2.45, 2.75) is 84.5 Å². The maximum Gasteiger partial charge on any atom is 0.408 e. The van der Waals surface area contributed by atoms with Crippen molar-refractivity contribution in [2.24, 2.45) is 5.92 Å². The van der Waals surface area contributed by atoms with Gasteiger partial charge in [-0.2, -0.15) is 0 Å². The molecule has 1 saturated heterocycles. The van der Waals surface area contributed by atoms with Gasteiger partial charge in [0.15, 0.2) is 0 Å². The van der Waals surface area contributed by atoms with Crippen LogP contribution >= 0.6 is 0 Å². The summed E-state index contributed by atoms with van der Waals surface area (Å²) < 4.78 is 10.8. The summed E-state index contributed by atoms with van der Waals surface area (Å²) in [5, 5.41) is 2.82. The van der Waals surface area contributed by atoms with Crippen molar-refractivity contribution in [3.05, 3.63) is 47.5 Å². The van der Waals surface area contributed by atoms with E-state index >= 15 is 0 Å². The molecule has 1 N–H and O–H groups in total. The molecular formula is C29H43N3O5. The van der Waals surface area contributed by atoms with Crippen LogP contribution in [0, 0.1) is 5.92 Å². The second kappa shape index (κ2) is 13.1. The van der Waals surface area contributed by atoms with Crippen LogP contribution in [0.25, 0.3) is 0 Å². The van der Waals surface area contributed by atoms with Crippen molar-refractivity contribution in [3.8, 4) is 0 Å². The number of rotatable bonds is 8. The van der Waals surface area contributed by atoms with Crippen molar-refractivity contribution in [2.75, 3.05) is 26.2 Å². The SMILES string of the molecule is CCOC(=O)[C@H]1C[C@H](C)CCN1C(=O)[C@H](CC1=CCCN(Cc2ccccc2)C1)NC(=O)OC(C)(C)C. The second-order valence-electron chi connectivity index (χ2n) is 11.2. The fourth-order valence-corrected chi connectivity index (χ4v) is 4.99. The van der Waals surface area contributed by atoms with Crippen LogP contribution < -0.4 is 5.32 Å². The minimum Gasteiger partial charge on any atom is -0.464 e. The first-order valence-corrected chi connectivity index (χ1v) is 13.5. The predicted molar refractivity (Wildman–Crippen MR) is 143 cm³/mol. The molecule has 0 aromatic heterocycles. The fourth-order valence-electron chi connectivity index (χ4n) is 4.99. The molecule has 3 atom stereocenters. The van der Waals surface area contributed by atoms with Crippen LogP contribution in [0.15, 0.2) is 42.0 Å². The molecule has 8 heteroatoms. The molecule has 1 aromatic rings. The van der Waals surface area contributed by atoms with Crippen LogP contribution in [0.3, 0.4) is 0 Å². The summed E-state index contributed by atoms with van der Waals surface area (Å²) in [5.41, 5.74) is 1.64. The van der Waals surface area contributed by atoms with Gasteiger partial charge in [-0.05, 0) is 64.9 Å². The minimum atomic E-state index is -0.830. The molecule has 2 heterocycles. The summed E-state index contributed by atoms with van der Waals surface area (Å²) in [6.07, 6.45) is 4.12. The number of ether oxygens (including phenoxy) is 2. The van der Waals surface area contributed by atoms with Gasteiger partial charge >= 0.3 is 12.1 Å². The third-order valence-electron chi connectivity index (χ3n) is 6.72. The molecule has 2 aliphatic rings. The standard InChI is InChI=1S/C29H43N3O5/c1-6-36-27(34)25-17-21(2)14-16-32(25)26(33)24(30-28(35)37-29(3,4)5)18-23-13-10-15-31(20-23)19-22-11-8-7-9-12-22/h7-9,11-13,21,24-25H,6,10,14-20H2,1-5H3,(H,30,35)/t21-,24+,25-/m1/s1. The van der Waals surface area contributed by atoms with Crippen molar-refractivity contribution in [1.29, 1.82) is 0 Å². The molecule has 8 nitrogen and oxygen atoms in total. The van der Waals surface area contributed by atoms with Crippen LogP contribution in [-0.4, -0.2) is 71.7 Å². The zero-order valence-corrected chi connectivity index (χ0v) is 23.0. The highest BCUT2D eigenvalue weighted by Crippen LogP contribution is 2.26. The van der Waals surface area contributed by atoms with Crippen LogP contribution in [0.5, 0.6) is 0 Å². The van der Waals surface area contributed by atoms with Crippen molar-refractivity contribution in [1.82, 2.24) is 15.1 Å². The van der Waals surface area contributed by atoms with Crippen molar-refractivity contribution >= 4 is 18.0 Å². The summed E-state index contributed by atoms with van der Waals surface area (Å²) in [4.78, 5) is 43.3. The van der Waals surface area contributed by atoms with Gasteiger partial charge in [0.2, 0.25) is 5.91 Å². The van der Waals surface area contributed by atoms with E-state index in [4.69, 9.17) is 9.47 Å². The maximum atomic E-state index is 13.9. The number of piperidine rings is 1. The quantitative estimate of drug-likeness (QED) is 0.412. The van der Waals surface area contributed by atoms with E-state index < -0.39 is 23.8 Å². The highest BCUT2D eigenvalue weighted by Gasteiger charge is 2.39. The molecule has 0 aliphatic carbocycles. The Morgan fingerprint density at radius 1 is 1.14 bits per heavy atom. The number of carbonyl (C=O) groups excluding carboxylic acids is 3. The number of carbonyl (C=O) groups is 3. The molecule has 1 aromatic carbocycles. The summed E-state index contributed by atoms with van der Waals surface area (Å²) >= 11 is 0. The van der Waals surface area contributed by atoms with Gasteiger partial charge in [-0.3, -0.25) is 9.69 Å². The maximum absolute atomic E-state index is 13.9. The zero-order chi connectivity index (χ0) is 27.0. The highest BCUT2D eigenvalue weighted by atomic mass is 16.6. The number of hydrogen-bond donors (Lipinski definition) is 1. The molecule has 0 saturated carbocycles. The Bertz CT molecular complexity index is 956. The van der Waals surface area contributed by atoms with E-state index in [1.165, 1.54) is 5.56 Å². The number of benzene rings is 1. The third-order valence-corrected chi connectivity index (χ3v) is 6.72. The Balaban J connectivity index is 1.77. The number of esters is 1. The highest BCUT2D eigenvalue weighted by molar-refractivity contribution is 5.90. The van der Waals surface area contributed by atoms with Crippen LogP contribution in [0.1, 0.15) is 65.9 Å². The average Bonchev–Trinajstić information content (AvgIpc) is 2.83. The number of alkyl carbamates (subject to hydrolysis) is 1. The van der Waals surface area contributed by atoms with Gasteiger partial charge in [0.1, 0.15) is 17.7 Å². The van der Waals surface area contributed by atoms with E-state index in [-0.39, 0.29) is 18.5 Å². The molecule has 2 amide bonds. The van der Waals surface area contributed by atoms with E-state index in [9.17, 15) is 14.4 Å². The minimum absolute atomic E-state index is 0.259. The Morgan fingerprint density at radius 3 is 2.54 bits per heavy atom. The monoisotopic (exact) mass is 513 g/mol. The summed E-state index contributed by atoms with van der Waals surface area (Å²) in [6.45, 7) is 12.4. The van der Waals surface area contributed by atoms with E-state index in [1.54, 1.807) is 32.6 Å². The van der Waals surface area contributed by atoms with Gasteiger partial charge in [0.25, 0.3) is 0 Å². The van der Waals surface area contributed by atoms with E-state index in [0.717, 1.165) is 31.5 Å². The van der Waals surface area contributed by atoms with Gasteiger partial charge in [0.05, 0.1) is 6.61 Å². The van der Waals surface area contributed by atoms with Gasteiger partial charge in [-0.15, -0.1) is 0 Å². The third kappa shape index (κ3) is 8.88. The summed E-state index contributed by atoms with van der Waals surface area (Å²) in [7, 11) is 0. The number of amides is 2. The first-order valence-electron chi connectivity index (χ1n) is 13.5. The largest absolute Gasteiger partial charge is 0.464 e. The number of nitrogens with zero attached hydrogens (tertiary/aromatic N) is 2. The van der Waals surface area contributed by atoms with Crippen molar-refractivity contribution in [3.63, 3.8) is 0 Å². The Kier molecular flexibility index (Phi) is 10.1. The molecule has 3 rings (SSSR count). The van der Waals surface area contributed by atoms with Gasteiger partial charge in [-0.25, -0.2) is 9.59 Å². The molecule has 2 aliphatic heterocycles. The fraction of sp³-hybridized carbons (Fsp3) is 0.621. The summed E-state index contributed by atoms with van der Waals surface area (Å²) in [5.74, 6) is -0.343. The molecule has 204 valence electrons. The molecule has 1 fully saturated rings. The lowest BCUT2D eigenvalue weighted by Gasteiger charge is -2.39. The molecule has 0 bridgehead atoms. The molecule has 0 spiro atoms. The van der Waals surface area contributed by atoms with Crippen LogP contribution in [0.4, 0.5) is 4.79 Å². The van der Waals surface area contributed by atoms with Gasteiger partial charge < -0.3 is 19.7 Å². The van der Waals surface area contributed by atoms with Gasteiger partial charge in [-0.1, -0.05) is 48.9 Å². The lowest BCUT2D eigenvalue weighted by Crippen LogP contribution is -2.57. The first-order chi connectivity index (χ1) is 17.6. The molecule has 0 unspecified atom stereocenters. The van der Waals surface area contributed by atoms with Crippen molar-refractivity contribution < 1.29 is 23.9 Å². The van der Waals surface area contributed by atoms with Crippen LogP contribution in [0.2, 0.25) is 0 Å². The van der Waals surface area contributed by atoms with Gasteiger partial charge in [0, 0.05) is 26.2 Å². The first kappa shape index (κ1) is 28.7. The Labute approximate surface area is 221 Å². The number of hydrogen-bond acceptors (Lipinski definition) is 6. The summed E-state index contributed by atoms with van der Waals surface area (Å²) in [6, 6.07) is 8.83. The molecule has 0 radical (unpaired) electrons. The smallest absolute Gasteiger partial charge is 0.408 e. The molecule has 37 heavy (non-hydrogen) atoms. The van der Waals surface area contributed by atoms with E-state index in [2.05, 4.69) is 35.3 Å². The molecular weight excluding hydrogens is 470 g/mol. The average molecular weight is 514 g/mol. The number of likely N-dealkylation sites (tertiary alicyclic amines) is 1. The van der Waals surface area contributed by atoms with E-state index in [0.29, 0.717) is 31.8 Å². The number of nitrogens with one attached hydrogen (secondary N) is 1. The lowest BCUT2D eigenvalue weighted by molar-refractivity contribution is -0.158. The second-order valence-corrected chi connectivity index (χ2v) is 11.2. The zero-order valence-electron chi connectivity index (χ0n) is 23.0. The Hall–Kier alpha value is -2.87. The topological polar surface area (TPSA) is 88.2 Å². The van der Waals surface area contributed by atoms with Crippen LogP contribution in [-0.2, 0) is 25.6 Å². The normalized spacial score (nSPS) is 21.5.